The molecule has 0 aliphatic carbocycles. The van der Waals surface area contributed by atoms with E-state index in [2.05, 4.69) is 17.1 Å². The maximum absolute atomic E-state index is 13.9. The van der Waals surface area contributed by atoms with E-state index < -0.39 is 11.6 Å². The third kappa shape index (κ3) is 3.59. The summed E-state index contributed by atoms with van der Waals surface area (Å²) in [4.78, 5) is 2.24. The lowest BCUT2D eigenvalue weighted by Crippen LogP contribution is -2.37. The normalized spacial score (nSPS) is 24.4. The Morgan fingerprint density at radius 3 is 2.86 bits per heavy atom. The van der Waals surface area contributed by atoms with Crippen molar-refractivity contribution in [3.63, 3.8) is 0 Å². The van der Waals surface area contributed by atoms with Crippen molar-refractivity contribution in [3.05, 3.63) is 35.4 Å². The Kier molecular flexibility index (Phi) is 5.67. The number of rotatable bonds is 6. The molecule has 0 amide bonds. The Hall–Kier alpha value is -1.04. The number of halogens is 2. The largest absolute Gasteiger partial charge is 0.395 e. The van der Waals surface area contributed by atoms with Gasteiger partial charge in [-0.05, 0) is 38.4 Å². The van der Waals surface area contributed by atoms with Gasteiger partial charge in [0.05, 0.1) is 6.61 Å². The number of hydrogen-bond acceptors (Lipinski definition) is 3. The van der Waals surface area contributed by atoms with Gasteiger partial charge >= 0.3 is 0 Å². The summed E-state index contributed by atoms with van der Waals surface area (Å²) in [7, 11) is 1.76. The van der Waals surface area contributed by atoms with Crippen molar-refractivity contribution in [3.8, 4) is 0 Å². The Morgan fingerprint density at radius 1 is 1.43 bits per heavy atom. The van der Waals surface area contributed by atoms with Crippen LogP contribution in [0.4, 0.5) is 8.78 Å². The summed E-state index contributed by atoms with van der Waals surface area (Å²) in [5, 5.41) is 12.5. The molecule has 1 aliphatic heterocycles. The first-order chi connectivity index (χ1) is 10.1. The molecule has 1 heterocycles. The monoisotopic (exact) mass is 298 g/mol. The van der Waals surface area contributed by atoms with Crippen molar-refractivity contribution in [1.82, 2.24) is 10.2 Å². The maximum Gasteiger partial charge on any atom is 0.163 e. The van der Waals surface area contributed by atoms with Gasteiger partial charge in [-0.15, -0.1) is 0 Å². The molecule has 1 fully saturated rings. The van der Waals surface area contributed by atoms with E-state index >= 15 is 0 Å². The third-order valence-corrected chi connectivity index (χ3v) is 4.59. The van der Waals surface area contributed by atoms with E-state index in [-0.39, 0.29) is 18.7 Å². The molecule has 3 atom stereocenters. The number of hydrogen-bond donors (Lipinski definition) is 2. The predicted molar refractivity (Wildman–Crippen MR) is 79.0 cm³/mol. The molecule has 2 rings (SSSR count). The zero-order valence-electron chi connectivity index (χ0n) is 12.6. The molecule has 2 N–H and O–H groups in total. The second-order valence-corrected chi connectivity index (χ2v) is 5.82. The van der Waals surface area contributed by atoms with Gasteiger partial charge in [0.1, 0.15) is 0 Å². The minimum Gasteiger partial charge on any atom is -0.395 e. The number of likely N-dealkylation sites (tertiary alicyclic amines) is 1. The molecule has 118 valence electrons. The van der Waals surface area contributed by atoms with Gasteiger partial charge in [0.2, 0.25) is 0 Å². The lowest BCUT2D eigenvalue weighted by atomic mass is 10.0. The van der Waals surface area contributed by atoms with Crippen LogP contribution >= 0.6 is 0 Å². The molecule has 1 aromatic carbocycles. The molecular weight excluding hydrogens is 274 g/mol. The second kappa shape index (κ2) is 7.29. The fourth-order valence-corrected chi connectivity index (χ4v) is 3.20. The van der Waals surface area contributed by atoms with Gasteiger partial charge in [-0.2, -0.15) is 0 Å². The lowest BCUT2D eigenvalue weighted by molar-refractivity contribution is 0.135. The van der Waals surface area contributed by atoms with E-state index in [0.29, 0.717) is 17.9 Å². The average Bonchev–Trinajstić information content (AvgIpc) is 2.84. The second-order valence-electron chi connectivity index (χ2n) is 5.82. The quantitative estimate of drug-likeness (QED) is 0.846. The van der Waals surface area contributed by atoms with E-state index in [0.717, 1.165) is 25.6 Å². The predicted octanol–water partition coefficient (Wildman–Crippen LogP) is 2.32. The van der Waals surface area contributed by atoms with Gasteiger partial charge in [-0.25, -0.2) is 8.78 Å². The highest BCUT2D eigenvalue weighted by Gasteiger charge is 2.30. The van der Waals surface area contributed by atoms with Crippen molar-refractivity contribution >= 4 is 0 Å². The molecule has 1 saturated heterocycles. The first kappa shape index (κ1) is 16.3. The van der Waals surface area contributed by atoms with Crippen molar-refractivity contribution in [2.24, 2.45) is 5.92 Å². The number of aliphatic hydroxyl groups is 1. The third-order valence-electron chi connectivity index (χ3n) is 4.59. The fraction of sp³-hybridized carbons (Fsp3) is 0.625. The highest BCUT2D eigenvalue weighted by Crippen LogP contribution is 2.26. The van der Waals surface area contributed by atoms with Crippen LogP contribution in [-0.2, 0) is 0 Å². The van der Waals surface area contributed by atoms with E-state index in [1.807, 2.05) is 0 Å². The molecule has 1 aliphatic rings. The van der Waals surface area contributed by atoms with Gasteiger partial charge in [-0.1, -0.05) is 19.1 Å². The van der Waals surface area contributed by atoms with Crippen LogP contribution in [0.2, 0.25) is 0 Å². The zero-order chi connectivity index (χ0) is 15.4. The van der Waals surface area contributed by atoms with Gasteiger partial charge in [0, 0.05) is 24.2 Å². The Morgan fingerprint density at radius 2 is 2.19 bits per heavy atom. The summed E-state index contributed by atoms with van der Waals surface area (Å²) in [5.41, 5.74) is 0.366. The summed E-state index contributed by atoms with van der Waals surface area (Å²) in [6, 6.07) is 4.24. The smallest absolute Gasteiger partial charge is 0.163 e. The Labute approximate surface area is 125 Å². The van der Waals surface area contributed by atoms with E-state index in [9.17, 15) is 13.9 Å². The topological polar surface area (TPSA) is 35.5 Å². The highest BCUT2D eigenvalue weighted by molar-refractivity contribution is 5.22. The summed E-state index contributed by atoms with van der Waals surface area (Å²) in [6.45, 7) is 4.01. The van der Waals surface area contributed by atoms with Crippen LogP contribution in [0, 0.1) is 17.6 Å². The molecule has 0 bridgehead atoms. The first-order valence-corrected chi connectivity index (χ1v) is 7.54. The maximum atomic E-state index is 13.9. The minimum absolute atomic E-state index is 0.152. The van der Waals surface area contributed by atoms with E-state index in [1.54, 1.807) is 13.1 Å². The molecule has 0 aromatic heterocycles. The van der Waals surface area contributed by atoms with Gasteiger partial charge in [-0.3, -0.25) is 4.90 Å². The standard InChI is InChI=1S/C16H24F2N2O/c1-11-6-8-20(15(11)10-21)9-7-14(19-2)12-4-3-5-13(17)16(12)18/h3-5,11,14-15,19,21H,6-10H2,1-2H3. The number of aliphatic hydroxyl groups excluding tert-OH is 1. The van der Waals surface area contributed by atoms with E-state index in [1.165, 1.54) is 6.07 Å². The lowest BCUT2D eigenvalue weighted by Gasteiger charge is -2.27. The summed E-state index contributed by atoms with van der Waals surface area (Å²) < 4.78 is 27.2. The Bertz CT molecular complexity index is 470. The van der Waals surface area contributed by atoms with Crippen molar-refractivity contribution in [1.29, 1.82) is 0 Å². The molecule has 3 unspecified atom stereocenters. The fourth-order valence-electron chi connectivity index (χ4n) is 3.20. The summed E-state index contributed by atoms with van der Waals surface area (Å²) in [6.07, 6.45) is 1.75. The van der Waals surface area contributed by atoms with Crippen LogP contribution in [0.5, 0.6) is 0 Å². The molecule has 0 spiro atoms. The van der Waals surface area contributed by atoms with Crippen LogP contribution < -0.4 is 5.32 Å². The Balaban J connectivity index is 2.01. The number of nitrogens with one attached hydrogen (secondary N) is 1. The van der Waals surface area contributed by atoms with Gasteiger partial charge < -0.3 is 10.4 Å². The van der Waals surface area contributed by atoms with Crippen LogP contribution in [0.3, 0.4) is 0 Å². The molecule has 5 heteroatoms. The van der Waals surface area contributed by atoms with Gasteiger partial charge in [0.15, 0.2) is 11.6 Å². The molecule has 1 aromatic rings. The molecule has 0 saturated carbocycles. The molecule has 0 radical (unpaired) electrons. The van der Waals surface area contributed by atoms with E-state index in [4.69, 9.17) is 0 Å². The first-order valence-electron chi connectivity index (χ1n) is 7.54. The van der Waals surface area contributed by atoms with Crippen molar-refractivity contribution < 1.29 is 13.9 Å². The number of nitrogens with zero attached hydrogens (tertiary/aromatic N) is 1. The molecule has 3 nitrogen and oxygen atoms in total. The van der Waals surface area contributed by atoms with Crippen molar-refractivity contribution in [2.45, 2.75) is 31.8 Å². The number of benzene rings is 1. The summed E-state index contributed by atoms with van der Waals surface area (Å²) in [5.74, 6) is -1.10. The summed E-state index contributed by atoms with van der Waals surface area (Å²) >= 11 is 0. The highest BCUT2D eigenvalue weighted by atomic mass is 19.2. The zero-order valence-corrected chi connectivity index (χ0v) is 12.6. The van der Waals surface area contributed by atoms with Crippen LogP contribution in [0.25, 0.3) is 0 Å². The van der Waals surface area contributed by atoms with Crippen molar-refractivity contribution in [2.75, 3.05) is 26.7 Å². The van der Waals surface area contributed by atoms with Crippen LogP contribution in [0.15, 0.2) is 18.2 Å². The molecular formula is C16H24F2N2O. The SMILES string of the molecule is CNC(CCN1CCC(C)C1CO)c1cccc(F)c1F. The van der Waals surface area contributed by atoms with Gasteiger partial charge in [0.25, 0.3) is 0 Å². The van der Waals surface area contributed by atoms with Crippen LogP contribution in [0.1, 0.15) is 31.4 Å². The van der Waals surface area contributed by atoms with Crippen LogP contribution in [-0.4, -0.2) is 42.8 Å². The minimum atomic E-state index is -0.809. The average molecular weight is 298 g/mol. The molecule has 21 heavy (non-hydrogen) atoms.